The minimum atomic E-state index is -0.489. The molecule has 2 atom stereocenters. The Morgan fingerprint density at radius 2 is 1.86 bits per heavy atom. The summed E-state index contributed by atoms with van der Waals surface area (Å²) in [6.45, 7) is 1.45. The van der Waals surface area contributed by atoms with Crippen molar-refractivity contribution in [2.75, 3.05) is 33.2 Å². The molecule has 0 spiro atoms. The number of nitrogens with one attached hydrogen (secondary N) is 1. The van der Waals surface area contributed by atoms with E-state index >= 15 is 0 Å². The number of fused-ring (bicyclic) bond motifs is 6. The van der Waals surface area contributed by atoms with Crippen molar-refractivity contribution in [2.24, 2.45) is 5.92 Å². The van der Waals surface area contributed by atoms with Crippen molar-refractivity contribution < 1.29 is 14.4 Å². The Hall–Kier alpha value is -4.28. The number of carbonyl (C=O) groups excluding carboxylic acids is 3. The van der Waals surface area contributed by atoms with Crippen molar-refractivity contribution in [3.8, 4) is 0 Å². The Balaban J connectivity index is 1.47. The summed E-state index contributed by atoms with van der Waals surface area (Å²) >= 11 is 0. The van der Waals surface area contributed by atoms with Gasteiger partial charge in [0, 0.05) is 57.3 Å². The molecule has 3 amide bonds. The first-order valence-corrected chi connectivity index (χ1v) is 11.9. The third kappa shape index (κ3) is 4.64. The molecule has 1 N–H and O–H groups in total. The molecule has 186 valence electrons. The maximum atomic E-state index is 13.2. The number of carbonyl (C=O) groups is 3. The highest BCUT2D eigenvalue weighted by molar-refractivity contribution is 5.94. The highest BCUT2D eigenvalue weighted by atomic mass is 16.2. The second kappa shape index (κ2) is 9.76. The van der Waals surface area contributed by atoms with Gasteiger partial charge in [0.15, 0.2) is 0 Å². The van der Waals surface area contributed by atoms with Crippen molar-refractivity contribution in [3.63, 3.8) is 0 Å². The molecular formula is C25H27N7O4. The summed E-state index contributed by atoms with van der Waals surface area (Å²) in [7, 11) is 1.68. The monoisotopic (exact) mass is 489 g/mol. The van der Waals surface area contributed by atoms with Gasteiger partial charge in [-0.15, -0.1) is 5.10 Å². The van der Waals surface area contributed by atoms with Crippen LogP contribution in [0.25, 0.3) is 0 Å². The minimum Gasteiger partial charge on any atom is -0.350 e. The molecular weight excluding hydrogens is 462 g/mol. The lowest BCUT2D eigenvalue weighted by Gasteiger charge is -2.22. The first kappa shape index (κ1) is 23.5. The van der Waals surface area contributed by atoms with Crippen molar-refractivity contribution in [3.05, 3.63) is 82.0 Å². The van der Waals surface area contributed by atoms with Gasteiger partial charge >= 0.3 is 0 Å². The van der Waals surface area contributed by atoms with Crippen molar-refractivity contribution >= 4 is 17.7 Å². The van der Waals surface area contributed by atoms with Gasteiger partial charge in [0.2, 0.25) is 5.91 Å². The topological polar surface area (TPSA) is 122 Å². The molecule has 1 aromatic carbocycles. The second-order valence-electron chi connectivity index (χ2n) is 9.22. The van der Waals surface area contributed by atoms with E-state index in [0.29, 0.717) is 30.9 Å². The Bertz CT molecular complexity index is 1350. The summed E-state index contributed by atoms with van der Waals surface area (Å²) in [5.41, 5.74) is 0.723. The number of nitrogens with zero attached hydrogens (tertiary/aromatic N) is 6. The SMILES string of the molecule is CN1CCNC(=O)c2cccn(c2=O)Cc2cn(nn2)[C@@H]2CN(C(=O)c3ccccc3)C[C@@H]2CC1=O. The summed E-state index contributed by atoms with van der Waals surface area (Å²) in [6.07, 6.45) is 3.57. The predicted octanol–water partition coefficient (Wildman–Crippen LogP) is 0.393. The number of amides is 3. The van der Waals surface area contributed by atoms with Crippen LogP contribution in [0, 0.1) is 5.92 Å². The molecule has 1 fully saturated rings. The molecule has 2 aliphatic heterocycles. The van der Waals surface area contributed by atoms with Gasteiger partial charge in [-0.1, -0.05) is 23.4 Å². The Morgan fingerprint density at radius 1 is 1.06 bits per heavy atom. The standard InChI is InChI=1S/C25H27N7O4/c1-29-11-9-26-23(34)20-8-5-10-30(25(20)36)14-19-15-32(28-27-19)21-16-31(13-18(21)12-22(29)33)24(35)17-6-3-2-4-7-17/h2-8,10,15,18,21H,9,11-14,16H2,1H3,(H,26,34)/t18-,21+/m0/s1. The van der Waals surface area contributed by atoms with Crippen LogP contribution >= 0.6 is 0 Å². The van der Waals surface area contributed by atoms with Crippen LogP contribution in [0.3, 0.4) is 0 Å². The molecule has 2 aliphatic rings. The van der Waals surface area contributed by atoms with E-state index in [1.54, 1.807) is 52.1 Å². The molecule has 5 rings (SSSR count). The van der Waals surface area contributed by atoms with Crippen LogP contribution in [0.2, 0.25) is 0 Å². The van der Waals surface area contributed by atoms with Gasteiger partial charge in [0.1, 0.15) is 11.3 Å². The second-order valence-corrected chi connectivity index (χ2v) is 9.22. The average Bonchev–Trinajstić information content (AvgIpc) is 3.51. The smallest absolute Gasteiger partial charge is 0.263 e. The number of likely N-dealkylation sites (tertiary alicyclic amines) is 1. The van der Waals surface area contributed by atoms with Crippen LogP contribution in [0.4, 0.5) is 0 Å². The molecule has 11 heteroatoms. The number of benzene rings is 1. The Morgan fingerprint density at radius 3 is 2.67 bits per heavy atom. The molecule has 4 bridgehead atoms. The molecule has 3 aromatic rings. The minimum absolute atomic E-state index is 0.0249. The molecule has 0 saturated carbocycles. The molecule has 4 heterocycles. The van der Waals surface area contributed by atoms with Crippen LogP contribution in [0.1, 0.15) is 38.9 Å². The maximum absolute atomic E-state index is 13.2. The summed E-state index contributed by atoms with van der Waals surface area (Å²) in [6, 6.07) is 11.9. The van der Waals surface area contributed by atoms with Gasteiger partial charge in [-0.05, 0) is 24.3 Å². The molecule has 2 aromatic heterocycles. The Labute approximate surface area is 207 Å². The lowest BCUT2D eigenvalue weighted by Crippen LogP contribution is -2.39. The van der Waals surface area contributed by atoms with Crippen molar-refractivity contribution in [2.45, 2.75) is 19.0 Å². The fourth-order valence-electron chi connectivity index (χ4n) is 4.78. The maximum Gasteiger partial charge on any atom is 0.263 e. The zero-order valence-electron chi connectivity index (χ0n) is 19.9. The number of likely N-dealkylation sites (N-methyl/N-ethyl adjacent to an activating group) is 1. The van der Waals surface area contributed by atoms with Crippen molar-refractivity contribution in [1.82, 2.24) is 34.7 Å². The first-order chi connectivity index (χ1) is 17.4. The van der Waals surface area contributed by atoms with E-state index in [0.717, 1.165) is 0 Å². The van der Waals surface area contributed by atoms with Crippen LogP contribution in [0.15, 0.2) is 59.7 Å². The summed E-state index contributed by atoms with van der Waals surface area (Å²) in [5, 5.41) is 11.2. The summed E-state index contributed by atoms with van der Waals surface area (Å²) in [4.78, 5) is 55.0. The van der Waals surface area contributed by atoms with E-state index in [-0.39, 0.29) is 48.8 Å². The predicted molar refractivity (Wildman–Crippen MR) is 129 cm³/mol. The molecule has 1 saturated heterocycles. The van der Waals surface area contributed by atoms with Gasteiger partial charge in [-0.3, -0.25) is 19.2 Å². The third-order valence-electron chi connectivity index (χ3n) is 6.80. The van der Waals surface area contributed by atoms with Gasteiger partial charge in [0.05, 0.1) is 18.8 Å². The highest BCUT2D eigenvalue weighted by Gasteiger charge is 2.39. The van der Waals surface area contributed by atoms with E-state index in [9.17, 15) is 19.2 Å². The molecule has 0 unspecified atom stereocenters. The third-order valence-corrected chi connectivity index (χ3v) is 6.80. The van der Waals surface area contributed by atoms with Crippen LogP contribution in [-0.2, 0) is 11.3 Å². The van der Waals surface area contributed by atoms with Gasteiger partial charge in [-0.2, -0.15) is 0 Å². The fraction of sp³-hybridized carbons (Fsp3) is 0.360. The molecule has 36 heavy (non-hydrogen) atoms. The van der Waals surface area contributed by atoms with Crippen molar-refractivity contribution in [1.29, 1.82) is 0 Å². The van der Waals surface area contributed by atoms with E-state index in [1.807, 2.05) is 18.2 Å². The average molecular weight is 490 g/mol. The summed E-state index contributed by atoms with van der Waals surface area (Å²) < 4.78 is 3.11. The molecule has 0 radical (unpaired) electrons. The van der Waals surface area contributed by atoms with Crippen LogP contribution in [-0.4, -0.2) is 80.3 Å². The lowest BCUT2D eigenvalue weighted by molar-refractivity contribution is -0.131. The van der Waals surface area contributed by atoms with E-state index < -0.39 is 11.5 Å². The van der Waals surface area contributed by atoms with Gasteiger partial charge in [0.25, 0.3) is 17.4 Å². The number of hydrogen-bond donors (Lipinski definition) is 1. The van der Waals surface area contributed by atoms with E-state index in [4.69, 9.17) is 0 Å². The van der Waals surface area contributed by atoms with E-state index in [1.165, 1.54) is 10.6 Å². The highest BCUT2D eigenvalue weighted by Crippen LogP contribution is 2.31. The zero-order chi connectivity index (χ0) is 25.2. The molecule has 0 aliphatic carbocycles. The van der Waals surface area contributed by atoms with Crippen LogP contribution < -0.4 is 10.9 Å². The largest absolute Gasteiger partial charge is 0.350 e. The number of rotatable bonds is 1. The zero-order valence-corrected chi connectivity index (χ0v) is 19.9. The summed E-state index contributed by atoms with van der Waals surface area (Å²) in [5.74, 6) is -0.850. The molecule has 11 nitrogen and oxygen atoms in total. The lowest BCUT2D eigenvalue weighted by atomic mass is 9.99. The fourth-order valence-corrected chi connectivity index (χ4v) is 4.78. The van der Waals surface area contributed by atoms with Gasteiger partial charge in [-0.25, -0.2) is 4.68 Å². The quantitative estimate of drug-likeness (QED) is 0.528. The van der Waals surface area contributed by atoms with E-state index in [2.05, 4.69) is 15.6 Å². The number of aromatic nitrogens is 4. The number of hydrogen-bond acceptors (Lipinski definition) is 6. The normalized spacial score (nSPS) is 20.7. The Kier molecular flexibility index (Phi) is 6.36. The number of pyridine rings is 1. The first-order valence-electron chi connectivity index (χ1n) is 11.9. The van der Waals surface area contributed by atoms with Crippen LogP contribution in [0.5, 0.6) is 0 Å². The van der Waals surface area contributed by atoms with Gasteiger partial charge < -0.3 is 19.7 Å².